The lowest BCUT2D eigenvalue weighted by atomic mass is 10.2. The molecule has 0 saturated carbocycles. The van der Waals surface area contributed by atoms with Gasteiger partial charge in [-0.3, -0.25) is 24.5 Å². The minimum absolute atomic E-state index is 0.0121. The van der Waals surface area contributed by atoms with Gasteiger partial charge in [0.05, 0.1) is 16.0 Å². The van der Waals surface area contributed by atoms with E-state index in [0.717, 1.165) is 0 Å². The molecule has 3 heterocycles. The smallest absolute Gasteiger partial charge is 0.281 e. The second-order valence-electron chi connectivity index (χ2n) is 5.46. The third-order valence-corrected chi connectivity index (χ3v) is 3.92. The number of rotatable bonds is 2. The first-order chi connectivity index (χ1) is 12.1. The fourth-order valence-corrected chi connectivity index (χ4v) is 2.76. The summed E-state index contributed by atoms with van der Waals surface area (Å²) in [7, 11) is 0. The van der Waals surface area contributed by atoms with Crippen molar-refractivity contribution < 1.29 is 9.72 Å². The maximum absolute atomic E-state index is 12.3. The SMILES string of the molecule is O=C(N=c1nc2ccc([N+](=O)[O-])cc2c2n1CCN2)c1cccnc1. The molecule has 0 atom stereocenters. The molecular weight excluding hydrogens is 324 g/mol. The lowest BCUT2D eigenvalue weighted by Crippen LogP contribution is -2.24. The highest BCUT2D eigenvalue weighted by Crippen LogP contribution is 2.26. The Morgan fingerprint density at radius 2 is 2.24 bits per heavy atom. The monoisotopic (exact) mass is 336 g/mol. The second kappa shape index (κ2) is 5.78. The molecule has 2 aromatic heterocycles. The summed E-state index contributed by atoms with van der Waals surface area (Å²) < 4.78 is 1.75. The van der Waals surface area contributed by atoms with Crippen molar-refractivity contribution in [1.82, 2.24) is 14.5 Å². The van der Waals surface area contributed by atoms with Gasteiger partial charge in [0.1, 0.15) is 5.82 Å². The van der Waals surface area contributed by atoms with E-state index in [2.05, 4.69) is 20.3 Å². The number of benzene rings is 1. The van der Waals surface area contributed by atoms with Crippen LogP contribution in [-0.2, 0) is 6.54 Å². The maximum Gasteiger partial charge on any atom is 0.281 e. The van der Waals surface area contributed by atoms with Crippen molar-refractivity contribution in [2.24, 2.45) is 4.99 Å². The standard InChI is InChI=1S/C16H12N6O3/c23-15(10-2-1-5-17-9-10)20-16-19-13-4-3-11(22(24)25)8-12(13)14-18-6-7-21(14)16/h1-5,8-9,18H,6-7H2. The molecule has 1 aliphatic rings. The number of nitro benzene ring substituents is 1. The van der Waals surface area contributed by atoms with Gasteiger partial charge < -0.3 is 5.32 Å². The van der Waals surface area contributed by atoms with Crippen LogP contribution in [0.3, 0.4) is 0 Å². The zero-order chi connectivity index (χ0) is 17.4. The first-order valence-corrected chi connectivity index (χ1v) is 7.55. The molecule has 1 aromatic carbocycles. The van der Waals surface area contributed by atoms with Crippen molar-refractivity contribution in [3.05, 3.63) is 64.0 Å². The van der Waals surface area contributed by atoms with Crippen LogP contribution in [0.15, 0.2) is 47.7 Å². The zero-order valence-electron chi connectivity index (χ0n) is 12.9. The first-order valence-electron chi connectivity index (χ1n) is 7.55. The average Bonchev–Trinajstić information content (AvgIpc) is 3.12. The molecule has 4 rings (SSSR count). The van der Waals surface area contributed by atoms with Crippen molar-refractivity contribution in [3.8, 4) is 0 Å². The van der Waals surface area contributed by atoms with E-state index in [4.69, 9.17) is 0 Å². The average molecular weight is 336 g/mol. The molecule has 0 saturated heterocycles. The Morgan fingerprint density at radius 1 is 1.36 bits per heavy atom. The van der Waals surface area contributed by atoms with Crippen molar-refractivity contribution in [1.29, 1.82) is 0 Å². The molecule has 9 nitrogen and oxygen atoms in total. The van der Waals surface area contributed by atoms with Crippen LogP contribution in [0.1, 0.15) is 10.4 Å². The quantitative estimate of drug-likeness (QED) is 0.560. The number of carbonyl (C=O) groups is 1. The first kappa shape index (κ1) is 14.9. The molecule has 0 unspecified atom stereocenters. The highest BCUT2D eigenvalue weighted by molar-refractivity contribution is 5.95. The Kier molecular flexibility index (Phi) is 3.46. The number of pyridine rings is 1. The summed E-state index contributed by atoms with van der Waals surface area (Å²) >= 11 is 0. The van der Waals surface area contributed by atoms with Crippen LogP contribution < -0.4 is 10.9 Å². The molecule has 0 aliphatic carbocycles. The van der Waals surface area contributed by atoms with Crippen LogP contribution in [0.2, 0.25) is 0 Å². The molecule has 0 radical (unpaired) electrons. The fourth-order valence-electron chi connectivity index (χ4n) is 2.76. The van der Waals surface area contributed by atoms with Crippen molar-refractivity contribution >= 4 is 28.3 Å². The van der Waals surface area contributed by atoms with Gasteiger partial charge >= 0.3 is 0 Å². The van der Waals surface area contributed by atoms with Gasteiger partial charge in [0.15, 0.2) is 0 Å². The Balaban J connectivity index is 1.91. The largest absolute Gasteiger partial charge is 0.369 e. The molecule has 1 amide bonds. The number of hydrogen-bond acceptors (Lipinski definition) is 6. The van der Waals surface area contributed by atoms with Gasteiger partial charge in [-0.25, -0.2) is 4.98 Å². The second-order valence-corrected chi connectivity index (χ2v) is 5.46. The molecule has 0 bridgehead atoms. The van der Waals surface area contributed by atoms with Crippen LogP contribution >= 0.6 is 0 Å². The third-order valence-electron chi connectivity index (χ3n) is 3.92. The summed E-state index contributed by atoms with van der Waals surface area (Å²) in [4.78, 5) is 35.3. The Labute approximate surface area is 140 Å². The molecule has 0 spiro atoms. The Bertz CT molecular complexity index is 1070. The molecule has 0 fully saturated rings. The molecule has 1 N–H and O–H groups in total. The van der Waals surface area contributed by atoms with Crippen molar-refractivity contribution in [2.45, 2.75) is 6.54 Å². The van der Waals surface area contributed by atoms with Crippen LogP contribution in [-0.4, -0.2) is 31.9 Å². The number of amides is 1. The summed E-state index contributed by atoms with van der Waals surface area (Å²) in [6.07, 6.45) is 3.02. The third kappa shape index (κ3) is 2.61. The normalized spacial score (nSPS) is 13.5. The maximum atomic E-state index is 12.3. The molecular formula is C16H12N6O3. The number of nitrogens with one attached hydrogen (secondary N) is 1. The lowest BCUT2D eigenvalue weighted by Gasteiger charge is -2.07. The number of nitrogens with zero attached hydrogens (tertiary/aromatic N) is 5. The zero-order valence-corrected chi connectivity index (χ0v) is 12.9. The molecule has 124 valence electrons. The Morgan fingerprint density at radius 3 is 3.00 bits per heavy atom. The van der Waals surface area contributed by atoms with Gasteiger partial charge in [0.2, 0.25) is 5.62 Å². The summed E-state index contributed by atoms with van der Waals surface area (Å²) in [5.41, 5.74) is 1.15. The number of hydrogen-bond donors (Lipinski definition) is 1. The summed E-state index contributed by atoms with van der Waals surface area (Å²) in [5.74, 6) is 0.231. The highest BCUT2D eigenvalue weighted by atomic mass is 16.6. The number of aromatic nitrogens is 3. The summed E-state index contributed by atoms with van der Waals surface area (Å²) in [6, 6.07) is 7.70. The minimum Gasteiger partial charge on any atom is -0.369 e. The van der Waals surface area contributed by atoms with Gasteiger partial charge in [-0.1, -0.05) is 0 Å². The predicted octanol–water partition coefficient (Wildman–Crippen LogP) is 1.51. The van der Waals surface area contributed by atoms with E-state index in [1.165, 1.54) is 18.3 Å². The summed E-state index contributed by atoms with van der Waals surface area (Å²) in [5, 5.41) is 14.8. The van der Waals surface area contributed by atoms with Crippen LogP contribution in [0.25, 0.3) is 10.9 Å². The summed E-state index contributed by atoms with van der Waals surface area (Å²) in [6.45, 7) is 1.20. The van der Waals surface area contributed by atoms with E-state index in [1.807, 2.05) is 0 Å². The number of carbonyl (C=O) groups excluding carboxylic acids is 1. The van der Waals surface area contributed by atoms with Gasteiger partial charge in [-0.2, -0.15) is 4.99 Å². The molecule has 9 heteroatoms. The van der Waals surface area contributed by atoms with Crippen molar-refractivity contribution in [3.63, 3.8) is 0 Å². The van der Waals surface area contributed by atoms with Gasteiger partial charge in [-0.05, 0) is 18.2 Å². The molecule has 25 heavy (non-hydrogen) atoms. The van der Waals surface area contributed by atoms with Crippen LogP contribution in [0.5, 0.6) is 0 Å². The van der Waals surface area contributed by atoms with Gasteiger partial charge in [0, 0.05) is 43.0 Å². The topological polar surface area (TPSA) is 115 Å². The van der Waals surface area contributed by atoms with E-state index in [0.29, 0.717) is 35.4 Å². The van der Waals surface area contributed by atoms with Gasteiger partial charge in [-0.15, -0.1) is 0 Å². The molecule has 1 aliphatic heterocycles. The van der Waals surface area contributed by atoms with Gasteiger partial charge in [0.25, 0.3) is 11.6 Å². The fraction of sp³-hybridized carbons (Fsp3) is 0.125. The van der Waals surface area contributed by atoms with E-state index in [1.54, 1.807) is 29.0 Å². The van der Waals surface area contributed by atoms with Crippen molar-refractivity contribution in [2.75, 3.05) is 11.9 Å². The van der Waals surface area contributed by atoms with Crippen LogP contribution in [0, 0.1) is 10.1 Å². The van der Waals surface area contributed by atoms with E-state index >= 15 is 0 Å². The predicted molar refractivity (Wildman–Crippen MR) is 89.0 cm³/mol. The number of anilines is 1. The number of non-ortho nitro benzene ring substituents is 1. The van der Waals surface area contributed by atoms with E-state index in [-0.39, 0.29) is 11.3 Å². The molecule has 3 aromatic rings. The lowest BCUT2D eigenvalue weighted by molar-refractivity contribution is -0.384. The van der Waals surface area contributed by atoms with E-state index in [9.17, 15) is 14.9 Å². The number of fused-ring (bicyclic) bond motifs is 3. The van der Waals surface area contributed by atoms with E-state index < -0.39 is 10.8 Å². The number of nitro groups is 1. The minimum atomic E-state index is -0.449. The Hall–Kier alpha value is -3.62. The highest BCUT2D eigenvalue weighted by Gasteiger charge is 2.18. The van der Waals surface area contributed by atoms with Crippen LogP contribution in [0.4, 0.5) is 11.5 Å².